The van der Waals surface area contributed by atoms with E-state index in [9.17, 15) is 4.79 Å². The lowest BCUT2D eigenvalue weighted by atomic mass is 10.2. The molecule has 92 valence electrons. The summed E-state index contributed by atoms with van der Waals surface area (Å²) in [7, 11) is 0. The van der Waals surface area contributed by atoms with Crippen LogP contribution in [0.4, 0.5) is 10.5 Å². The second-order valence-corrected chi connectivity index (χ2v) is 4.54. The molecule has 2 aromatic rings. The minimum Gasteiger partial charge on any atom is -0.325 e. The number of aromatic nitrogens is 1. The number of hydrogen-bond acceptors (Lipinski definition) is 2. The van der Waals surface area contributed by atoms with E-state index >= 15 is 0 Å². The number of fused-ring (bicyclic) bond motifs is 1. The molecule has 0 aliphatic carbocycles. The fourth-order valence-corrected chi connectivity index (χ4v) is 2.26. The van der Waals surface area contributed by atoms with Crippen molar-refractivity contribution < 1.29 is 4.79 Å². The molecule has 0 radical (unpaired) electrons. The molecule has 0 spiro atoms. The van der Waals surface area contributed by atoms with E-state index in [-0.39, 0.29) is 6.03 Å². The lowest BCUT2D eigenvalue weighted by Gasteiger charge is -2.16. The van der Waals surface area contributed by atoms with Crippen molar-refractivity contribution in [2.45, 2.75) is 12.8 Å². The maximum atomic E-state index is 11.9. The summed E-state index contributed by atoms with van der Waals surface area (Å²) >= 11 is 0. The van der Waals surface area contributed by atoms with Crippen LogP contribution in [-0.2, 0) is 0 Å². The van der Waals surface area contributed by atoms with Gasteiger partial charge in [-0.25, -0.2) is 4.79 Å². The van der Waals surface area contributed by atoms with Gasteiger partial charge in [-0.3, -0.25) is 4.98 Å². The Morgan fingerprint density at radius 1 is 1.22 bits per heavy atom. The van der Waals surface area contributed by atoms with E-state index in [0.717, 1.165) is 42.5 Å². The van der Waals surface area contributed by atoms with Gasteiger partial charge in [-0.05, 0) is 25.0 Å². The smallest absolute Gasteiger partial charge is 0.321 e. The third kappa shape index (κ3) is 2.14. The van der Waals surface area contributed by atoms with Gasteiger partial charge in [0.25, 0.3) is 0 Å². The number of pyridine rings is 1. The SMILES string of the molecule is O=C(Nc1cnc2ccccc2c1)N1CCCC1. The molecule has 3 rings (SSSR count). The van der Waals surface area contributed by atoms with Gasteiger partial charge in [0.2, 0.25) is 0 Å². The van der Waals surface area contributed by atoms with Gasteiger partial charge in [0.1, 0.15) is 0 Å². The molecule has 0 saturated carbocycles. The minimum atomic E-state index is -0.0235. The fraction of sp³-hybridized carbons (Fsp3) is 0.286. The molecule has 0 bridgehead atoms. The number of likely N-dealkylation sites (tertiary alicyclic amines) is 1. The number of benzene rings is 1. The molecule has 1 aromatic carbocycles. The molecule has 1 aliphatic heterocycles. The normalized spacial score (nSPS) is 15.0. The Bertz CT molecular complexity index is 576. The standard InChI is InChI=1S/C14H15N3O/c18-14(17-7-3-4-8-17)16-12-9-11-5-1-2-6-13(11)15-10-12/h1-2,5-6,9-10H,3-4,7-8H2,(H,16,18). The molecule has 18 heavy (non-hydrogen) atoms. The van der Waals surface area contributed by atoms with Crippen LogP contribution in [0.2, 0.25) is 0 Å². The van der Waals surface area contributed by atoms with Gasteiger partial charge in [-0.15, -0.1) is 0 Å². The maximum Gasteiger partial charge on any atom is 0.321 e. The van der Waals surface area contributed by atoms with Crippen molar-refractivity contribution >= 4 is 22.6 Å². The summed E-state index contributed by atoms with van der Waals surface area (Å²) in [6, 6.07) is 9.81. The number of carbonyl (C=O) groups excluding carboxylic acids is 1. The van der Waals surface area contributed by atoms with Crippen molar-refractivity contribution in [3.8, 4) is 0 Å². The van der Waals surface area contributed by atoms with Crippen LogP contribution in [-0.4, -0.2) is 29.0 Å². The molecular formula is C14H15N3O. The summed E-state index contributed by atoms with van der Waals surface area (Å²) in [5, 5.41) is 3.94. The number of amides is 2. The first-order valence-electron chi connectivity index (χ1n) is 6.24. The highest BCUT2D eigenvalue weighted by Crippen LogP contribution is 2.17. The van der Waals surface area contributed by atoms with E-state index in [1.54, 1.807) is 6.20 Å². The first-order chi connectivity index (χ1) is 8.83. The number of carbonyl (C=O) groups is 1. The first-order valence-corrected chi connectivity index (χ1v) is 6.24. The van der Waals surface area contributed by atoms with Crippen LogP contribution in [0.3, 0.4) is 0 Å². The zero-order valence-electron chi connectivity index (χ0n) is 10.1. The van der Waals surface area contributed by atoms with Crippen LogP contribution < -0.4 is 5.32 Å². The average Bonchev–Trinajstić information content (AvgIpc) is 2.92. The molecule has 4 nitrogen and oxygen atoms in total. The predicted octanol–water partition coefficient (Wildman–Crippen LogP) is 2.86. The topological polar surface area (TPSA) is 45.2 Å². The van der Waals surface area contributed by atoms with E-state index in [4.69, 9.17) is 0 Å². The summed E-state index contributed by atoms with van der Waals surface area (Å²) in [5.74, 6) is 0. The Morgan fingerprint density at radius 3 is 2.83 bits per heavy atom. The molecule has 0 atom stereocenters. The molecule has 1 aromatic heterocycles. The lowest BCUT2D eigenvalue weighted by molar-refractivity contribution is 0.222. The summed E-state index contributed by atoms with van der Waals surface area (Å²) in [6.45, 7) is 1.71. The Labute approximate surface area is 106 Å². The van der Waals surface area contributed by atoms with Gasteiger partial charge in [0, 0.05) is 18.5 Å². The zero-order chi connectivity index (χ0) is 12.4. The van der Waals surface area contributed by atoms with E-state index in [1.807, 2.05) is 35.2 Å². The van der Waals surface area contributed by atoms with Gasteiger partial charge in [-0.1, -0.05) is 18.2 Å². The van der Waals surface area contributed by atoms with Crippen LogP contribution in [0, 0.1) is 0 Å². The largest absolute Gasteiger partial charge is 0.325 e. The van der Waals surface area contributed by atoms with Gasteiger partial charge in [0.15, 0.2) is 0 Å². The molecular weight excluding hydrogens is 226 g/mol. The number of nitrogens with one attached hydrogen (secondary N) is 1. The van der Waals surface area contributed by atoms with Gasteiger partial charge in [0.05, 0.1) is 17.4 Å². The molecule has 2 heterocycles. The second-order valence-electron chi connectivity index (χ2n) is 4.54. The summed E-state index contributed by atoms with van der Waals surface area (Å²) in [6.07, 6.45) is 3.91. The predicted molar refractivity (Wildman–Crippen MR) is 71.6 cm³/mol. The molecule has 1 fully saturated rings. The number of rotatable bonds is 1. The van der Waals surface area contributed by atoms with Gasteiger partial charge in [-0.2, -0.15) is 0 Å². The third-order valence-corrected chi connectivity index (χ3v) is 3.24. The third-order valence-electron chi connectivity index (χ3n) is 3.24. The van der Waals surface area contributed by atoms with Gasteiger partial charge < -0.3 is 10.2 Å². The lowest BCUT2D eigenvalue weighted by Crippen LogP contribution is -2.32. The molecule has 1 saturated heterocycles. The highest BCUT2D eigenvalue weighted by molar-refractivity contribution is 5.92. The van der Waals surface area contributed by atoms with Crippen molar-refractivity contribution in [1.29, 1.82) is 0 Å². The number of para-hydroxylation sites is 1. The Hall–Kier alpha value is -2.10. The van der Waals surface area contributed by atoms with Crippen molar-refractivity contribution in [1.82, 2.24) is 9.88 Å². The van der Waals surface area contributed by atoms with Crippen molar-refractivity contribution in [2.75, 3.05) is 18.4 Å². The first kappa shape index (κ1) is 11.0. The number of nitrogens with zero attached hydrogens (tertiary/aromatic N) is 2. The Morgan fingerprint density at radius 2 is 2.00 bits per heavy atom. The quantitative estimate of drug-likeness (QED) is 0.834. The van der Waals surface area contributed by atoms with Crippen molar-refractivity contribution in [3.63, 3.8) is 0 Å². The van der Waals surface area contributed by atoms with Crippen LogP contribution in [0.5, 0.6) is 0 Å². The van der Waals surface area contributed by atoms with Crippen molar-refractivity contribution in [3.05, 3.63) is 36.5 Å². The van der Waals surface area contributed by atoms with Gasteiger partial charge >= 0.3 is 6.03 Å². The highest BCUT2D eigenvalue weighted by atomic mass is 16.2. The van der Waals surface area contributed by atoms with E-state index < -0.39 is 0 Å². The molecule has 0 unspecified atom stereocenters. The molecule has 4 heteroatoms. The zero-order valence-corrected chi connectivity index (χ0v) is 10.1. The van der Waals surface area contributed by atoms with E-state index in [2.05, 4.69) is 10.3 Å². The molecule has 1 N–H and O–H groups in total. The highest BCUT2D eigenvalue weighted by Gasteiger charge is 2.17. The molecule has 2 amide bonds. The van der Waals surface area contributed by atoms with E-state index in [1.165, 1.54) is 0 Å². The number of hydrogen-bond donors (Lipinski definition) is 1. The maximum absolute atomic E-state index is 11.9. The summed E-state index contributed by atoms with van der Waals surface area (Å²) < 4.78 is 0. The van der Waals surface area contributed by atoms with Crippen LogP contribution >= 0.6 is 0 Å². The van der Waals surface area contributed by atoms with Crippen molar-refractivity contribution in [2.24, 2.45) is 0 Å². The minimum absolute atomic E-state index is 0.0235. The Balaban J connectivity index is 1.79. The molecule has 1 aliphatic rings. The summed E-state index contributed by atoms with van der Waals surface area (Å²) in [5.41, 5.74) is 1.70. The number of urea groups is 1. The van der Waals surface area contributed by atoms with Crippen LogP contribution in [0.1, 0.15) is 12.8 Å². The number of anilines is 1. The summed E-state index contributed by atoms with van der Waals surface area (Å²) in [4.78, 5) is 18.1. The average molecular weight is 241 g/mol. The second kappa shape index (κ2) is 4.64. The van der Waals surface area contributed by atoms with Crippen LogP contribution in [0.15, 0.2) is 36.5 Å². The fourth-order valence-electron chi connectivity index (χ4n) is 2.26. The monoisotopic (exact) mass is 241 g/mol. The van der Waals surface area contributed by atoms with Crippen LogP contribution in [0.25, 0.3) is 10.9 Å². The van der Waals surface area contributed by atoms with E-state index in [0.29, 0.717) is 0 Å². The Kier molecular flexibility index (Phi) is 2.84.